The minimum Gasteiger partial charge on any atom is -0.478 e. The van der Waals surface area contributed by atoms with Crippen molar-refractivity contribution in [3.8, 4) is 11.8 Å². The summed E-state index contributed by atoms with van der Waals surface area (Å²) in [5.74, 6) is -1.32. The standard InChI is InChI=1S/C23H25N3O3/c1-15-11-18(12-19(14-24)22(27)25-20-8-4-3-5-9-20)16(2)26(15)21-10-6-7-17(13-21)23(28)29/h6-7,10-13,20H,3-5,8-9H2,1-2H3,(H,25,27)(H,28,29)/b19-12+. The number of aromatic nitrogens is 1. The summed E-state index contributed by atoms with van der Waals surface area (Å²) in [5.41, 5.74) is 3.50. The highest BCUT2D eigenvalue weighted by atomic mass is 16.4. The third-order valence-corrected chi connectivity index (χ3v) is 5.43. The molecule has 6 heteroatoms. The first-order valence-corrected chi connectivity index (χ1v) is 9.86. The Morgan fingerprint density at radius 1 is 1.21 bits per heavy atom. The van der Waals surface area contributed by atoms with Gasteiger partial charge in [0, 0.05) is 23.1 Å². The van der Waals surface area contributed by atoms with E-state index in [0.29, 0.717) is 0 Å². The normalized spacial score (nSPS) is 15.0. The van der Waals surface area contributed by atoms with Crippen LogP contribution in [0, 0.1) is 25.2 Å². The lowest BCUT2D eigenvalue weighted by Crippen LogP contribution is -2.36. The molecule has 1 aromatic heterocycles. The smallest absolute Gasteiger partial charge is 0.335 e. The topological polar surface area (TPSA) is 95.1 Å². The summed E-state index contributed by atoms with van der Waals surface area (Å²) in [7, 11) is 0. The molecule has 29 heavy (non-hydrogen) atoms. The number of aromatic carboxylic acids is 1. The van der Waals surface area contributed by atoms with Gasteiger partial charge in [-0.1, -0.05) is 25.3 Å². The fourth-order valence-electron chi connectivity index (χ4n) is 3.92. The second-order valence-electron chi connectivity index (χ2n) is 7.50. The van der Waals surface area contributed by atoms with Crippen LogP contribution in [0.3, 0.4) is 0 Å². The lowest BCUT2D eigenvalue weighted by atomic mass is 9.95. The lowest BCUT2D eigenvalue weighted by molar-refractivity contribution is -0.117. The van der Waals surface area contributed by atoms with E-state index in [9.17, 15) is 20.0 Å². The van der Waals surface area contributed by atoms with Crippen molar-refractivity contribution in [2.45, 2.75) is 52.0 Å². The second-order valence-corrected chi connectivity index (χ2v) is 7.50. The van der Waals surface area contributed by atoms with E-state index in [2.05, 4.69) is 5.32 Å². The number of benzene rings is 1. The Labute approximate surface area is 170 Å². The summed E-state index contributed by atoms with van der Waals surface area (Å²) < 4.78 is 1.92. The molecular weight excluding hydrogens is 366 g/mol. The Balaban J connectivity index is 1.90. The molecular formula is C23H25N3O3. The molecule has 1 aliphatic carbocycles. The molecule has 0 bridgehead atoms. The highest BCUT2D eigenvalue weighted by molar-refractivity contribution is 6.02. The number of nitrogens with zero attached hydrogens (tertiary/aromatic N) is 2. The molecule has 1 aliphatic rings. The van der Waals surface area contributed by atoms with Gasteiger partial charge in [-0.25, -0.2) is 4.79 Å². The van der Waals surface area contributed by atoms with E-state index in [4.69, 9.17) is 0 Å². The summed E-state index contributed by atoms with van der Waals surface area (Å²) in [6.07, 6.45) is 6.93. The lowest BCUT2D eigenvalue weighted by Gasteiger charge is -2.22. The Kier molecular flexibility index (Phi) is 6.18. The van der Waals surface area contributed by atoms with Gasteiger partial charge in [0.2, 0.25) is 0 Å². The van der Waals surface area contributed by atoms with E-state index in [1.54, 1.807) is 24.3 Å². The largest absolute Gasteiger partial charge is 0.478 e. The first-order valence-electron chi connectivity index (χ1n) is 9.86. The molecule has 0 unspecified atom stereocenters. The number of carbonyl (C=O) groups is 2. The van der Waals surface area contributed by atoms with Gasteiger partial charge in [-0.05, 0) is 62.6 Å². The average molecular weight is 391 g/mol. The second kappa shape index (κ2) is 8.78. The van der Waals surface area contributed by atoms with E-state index < -0.39 is 5.97 Å². The van der Waals surface area contributed by atoms with Gasteiger partial charge >= 0.3 is 5.97 Å². The van der Waals surface area contributed by atoms with Crippen LogP contribution in [0.1, 0.15) is 59.4 Å². The van der Waals surface area contributed by atoms with Gasteiger partial charge in [0.05, 0.1) is 5.56 Å². The van der Waals surface area contributed by atoms with Crippen LogP contribution in [-0.2, 0) is 4.79 Å². The quantitative estimate of drug-likeness (QED) is 0.591. The maximum atomic E-state index is 12.6. The number of hydrogen-bond donors (Lipinski definition) is 2. The fraction of sp³-hybridized carbons (Fsp3) is 0.348. The van der Waals surface area contributed by atoms with Crippen molar-refractivity contribution >= 4 is 18.0 Å². The summed E-state index contributed by atoms with van der Waals surface area (Å²) in [4.78, 5) is 23.8. The number of carboxylic acid groups (broad SMARTS) is 1. The zero-order chi connectivity index (χ0) is 21.0. The van der Waals surface area contributed by atoms with Gasteiger partial charge in [-0.2, -0.15) is 5.26 Å². The fourth-order valence-corrected chi connectivity index (χ4v) is 3.92. The van der Waals surface area contributed by atoms with Crippen LogP contribution in [0.4, 0.5) is 0 Å². The molecule has 0 aliphatic heterocycles. The predicted molar refractivity (Wildman–Crippen MR) is 111 cm³/mol. The summed E-state index contributed by atoms with van der Waals surface area (Å²) in [6, 6.07) is 10.7. The van der Waals surface area contributed by atoms with E-state index in [-0.39, 0.29) is 23.1 Å². The summed E-state index contributed by atoms with van der Waals surface area (Å²) in [5, 5.41) is 21.7. The summed E-state index contributed by atoms with van der Waals surface area (Å²) in [6.45, 7) is 3.80. The Morgan fingerprint density at radius 3 is 2.59 bits per heavy atom. The molecule has 150 valence electrons. The van der Waals surface area contributed by atoms with Crippen LogP contribution < -0.4 is 5.32 Å². The molecule has 1 fully saturated rings. The molecule has 0 spiro atoms. The Morgan fingerprint density at radius 2 is 1.93 bits per heavy atom. The summed E-state index contributed by atoms with van der Waals surface area (Å²) >= 11 is 0. The average Bonchev–Trinajstić information content (AvgIpc) is 2.99. The molecule has 2 aromatic rings. The van der Waals surface area contributed by atoms with Crippen molar-refractivity contribution in [3.63, 3.8) is 0 Å². The van der Waals surface area contributed by atoms with E-state index in [1.165, 1.54) is 6.42 Å². The van der Waals surface area contributed by atoms with Gasteiger partial charge in [0.15, 0.2) is 0 Å². The molecule has 0 atom stereocenters. The van der Waals surface area contributed by atoms with Gasteiger partial charge in [0.1, 0.15) is 11.6 Å². The van der Waals surface area contributed by atoms with Crippen LogP contribution in [0.5, 0.6) is 0 Å². The molecule has 3 rings (SSSR count). The van der Waals surface area contributed by atoms with Gasteiger partial charge in [-0.15, -0.1) is 0 Å². The number of carbonyl (C=O) groups excluding carboxylic acids is 1. The molecule has 6 nitrogen and oxygen atoms in total. The predicted octanol–water partition coefficient (Wildman–Crippen LogP) is 4.15. The van der Waals surface area contributed by atoms with Gasteiger partial charge < -0.3 is 15.0 Å². The van der Waals surface area contributed by atoms with Crippen LogP contribution in [0.15, 0.2) is 35.9 Å². The van der Waals surface area contributed by atoms with Crippen molar-refractivity contribution in [1.82, 2.24) is 9.88 Å². The zero-order valence-corrected chi connectivity index (χ0v) is 16.7. The monoisotopic (exact) mass is 391 g/mol. The highest BCUT2D eigenvalue weighted by Gasteiger charge is 2.19. The van der Waals surface area contributed by atoms with Crippen molar-refractivity contribution in [1.29, 1.82) is 5.26 Å². The number of nitriles is 1. The molecule has 1 amide bonds. The molecule has 0 radical (unpaired) electrons. The van der Waals surface area contributed by atoms with Crippen LogP contribution in [0.2, 0.25) is 0 Å². The zero-order valence-electron chi connectivity index (χ0n) is 16.7. The first-order chi connectivity index (χ1) is 13.9. The number of nitrogens with one attached hydrogen (secondary N) is 1. The number of rotatable bonds is 5. The number of amides is 1. The highest BCUT2D eigenvalue weighted by Crippen LogP contribution is 2.24. The molecule has 1 saturated carbocycles. The van der Waals surface area contributed by atoms with Gasteiger partial charge in [0.25, 0.3) is 5.91 Å². The maximum Gasteiger partial charge on any atom is 0.335 e. The molecule has 1 heterocycles. The van der Waals surface area contributed by atoms with E-state index >= 15 is 0 Å². The van der Waals surface area contributed by atoms with Crippen molar-refractivity contribution in [2.75, 3.05) is 0 Å². The van der Waals surface area contributed by atoms with E-state index in [1.807, 2.05) is 36.6 Å². The van der Waals surface area contributed by atoms with E-state index in [0.717, 1.165) is 48.3 Å². The SMILES string of the molecule is Cc1cc(/C=C(\C#N)C(=O)NC2CCCCC2)c(C)n1-c1cccc(C(=O)O)c1. The Hall–Kier alpha value is -3.33. The van der Waals surface area contributed by atoms with Gasteiger partial charge in [-0.3, -0.25) is 4.79 Å². The number of carboxylic acids is 1. The third-order valence-electron chi connectivity index (χ3n) is 5.43. The van der Waals surface area contributed by atoms with Crippen LogP contribution >= 0.6 is 0 Å². The molecule has 1 aromatic carbocycles. The number of hydrogen-bond acceptors (Lipinski definition) is 3. The Bertz CT molecular complexity index is 1000. The van der Waals surface area contributed by atoms with Crippen LogP contribution in [-0.4, -0.2) is 27.6 Å². The van der Waals surface area contributed by atoms with Crippen molar-refractivity contribution in [3.05, 3.63) is 58.4 Å². The van der Waals surface area contributed by atoms with Crippen LogP contribution in [0.25, 0.3) is 11.8 Å². The minimum atomic E-state index is -0.986. The molecule has 2 N–H and O–H groups in total. The maximum absolute atomic E-state index is 12.6. The third kappa shape index (κ3) is 4.57. The first kappa shape index (κ1) is 20.4. The number of aryl methyl sites for hydroxylation is 1. The van der Waals surface area contributed by atoms with Crippen molar-refractivity contribution in [2.24, 2.45) is 0 Å². The molecule has 0 saturated heterocycles. The van der Waals surface area contributed by atoms with Crippen molar-refractivity contribution < 1.29 is 14.7 Å². The minimum absolute atomic E-state index is 0.0788.